The number of amides is 3. The summed E-state index contributed by atoms with van der Waals surface area (Å²) in [6.45, 7) is 1.28. The van der Waals surface area contributed by atoms with Crippen LogP contribution in [0.3, 0.4) is 0 Å². The number of carboxylic acids is 1. The van der Waals surface area contributed by atoms with Gasteiger partial charge in [-0.05, 0) is 30.9 Å². The van der Waals surface area contributed by atoms with E-state index in [4.69, 9.17) is 5.73 Å². The smallest absolute Gasteiger partial charge is 0.326 e. The molecule has 33 heavy (non-hydrogen) atoms. The topological polar surface area (TPSA) is 171 Å². The number of aliphatic hydroxyl groups is 1. The van der Waals surface area contributed by atoms with Gasteiger partial charge >= 0.3 is 5.97 Å². The van der Waals surface area contributed by atoms with Crippen LogP contribution in [0.5, 0.6) is 0 Å². The first kappa shape index (κ1) is 28.8. The van der Waals surface area contributed by atoms with E-state index < -0.39 is 54.0 Å². The molecule has 0 aliphatic rings. The van der Waals surface area contributed by atoms with Crippen LogP contribution in [-0.4, -0.2) is 81.9 Å². The molecule has 7 N–H and O–H groups in total. The van der Waals surface area contributed by atoms with E-state index in [9.17, 15) is 29.4 Å². The number of thiol groups is 1. The summed E-state index contributed by atoms with van der Waals surface area (Å²) >= 11 is 5.60. The summed E-state index contributed by atoms with van der Waals surface area (Å²) in [5.74, 6) is -2.83. The number of aliphatic carboxylic acids is 1. The lowest BCUT2D eigenvalue weighted by Gasteiger charge is -2.26. The standard InChI is InChI=1S/C21H32N4O6S2/c1-12(26)17(20(29)23-15(21(30)31)10-13-6-4-3-5-7-13)25-19(28)16(11-32)24-18(27)14(22)8-9-33-2/h3-7,12,14-17,26,32H,8-11,22H2,1-2H3,(H,23,29)(H,24,27)(H,25,28)(H,30,31). The van der Waals surface area contributed by atoms with E-state index in [0.29, 0.717) is 17.7 Å². The van der Waals surface area contributed by atoms with Crippen molar-refractivity contribution in [3.63, 3.8) is 0 Å². The van der Waals surface area contributed by atoms with Crippen molar-refractivity contribution < 1.29 is 29.4 Å². The number of carbonyl (C=O) groups is 4. The molecule has 5 unspecified atom stereocenters. The van der Waals surface area contributed by atoms with Crippen molar-refractivity contribution in [2.75, 3.05) is 17.8 Å². The maximum atomic E-state index is 12.7. The second kappa shape index (κ2) is 14.8. The normalized spacial score (nSPS) is 15.4. The van der Waals surface area contributed by atoms with Gasteiger partial charge in [0.05, 0.1) is 12.1 Å². The van der Waals surface area contributed by atoms with Gasteiger partial charge in [0, 0.05) is 12.2 Å². The third-order valence-corrected chi connectivity index (χ3v) is 5.75. The Kier molecular flexibility index (Phi) is 12.9. The maximum Gasteiger partial charge on any atom is 0.326 e. The summed E-state index contributed by atoms with van der Waals surface area (Å²) in [5, 5.41) is 26.7. The van der Waals surface area contributed by atoms with Crippen LogP contribution in [0.4, 0.5) is 0 Å². The van der Waals surface area contributed by atoms with Crippen LogP contribution in [0.1, 0.15) is 18.9 Å². The zero-order chi connectivity index (χ0) is 25.0. The molecule has 1 aromatic rings. The number of rotatable bonds is 14. The first-order valence-electron chi connectivity index (χ1n) is 10.3. The fourth-order valence-corrected chi connectivity index (χ4v) is 3.57. The van der Waals surface area contributed by atoms with E-state index in [0.717, 1.165) is 0 Å². The molecule has 184 valence electrons. The van der Waals surface area contributed by atoms with Gasteiger partial charge in [-0.3, -0.25) is 14.4 Å². The van der Waals surface area contributed by atoms with Crippen LogP contribution >= 0.6 is 24.4 Å². The molecule has 0 radical (unpaired) electrons. The number of aliphatic hydroxyl groups excluding tert-OH is 1. The zero-order valence-corrected chi connectivity index (χ0v) is 20.3. The Labute approximate surface area is 202 Å². The average molecular weight is 501 g/mol. The highest BCUT2D eigenvalue weighted by molar-refractivity contribution is 7.98. The summed E-state index contributed by atoms with van der Waals surface area (Å²) in [4.78, 5) is 49.2. The predicted octanol–water partition coefficient (Wildman–Crippen LogP) is -0.841. The molecule has 0 aliphatic carbocycles. The van der Waals surface area contributed by atoms with Crippen LogP contribution in [0.15, 0.2) is 30.3 Å². The van der Waals surface area contributed by atoms with Crippen molar-refractivity contribution >= 4 is 48.1 Å². The maximum absolute atomic E-state index is 12.7. The van der Waals surface area contributed by atoms with E-state index in [1.807, 2.05) is 6.26 Å². The molecule has 10 nitrogen and oxygen atoms in total. The highest BCUT2D eigenvalue weighted by atomic mass is 32.2. The lowest BCUT2D eigenvalue weighted by molar-refractivity contribution is -0.143. The molecule has 0 aliphatic heterocycles. The third-order valence-electron chi connectivity index (χ3n) is 4.75. The van der Waals surface area contributed by atoms with Crippen molar-refractivity contribution in [3.8, 4) is 0 Å². The van der Waals surface area contributed by atoms with E-state index >= 15 is 0 Å². The number of hydrogen-bond donors (Lipinski definition) is 7. The quantitative estimate of drug-likeness (QED) is 0.162. The first-order chi connectivity index (χ1) is 15.6. The van der Waals surface area contributed by atoms with Gasteiger partial charge in [0.2, 0.25) is 17.7 Å². The molecule has 0 saturated heterocycles. The molecule has 12 heteroatoms. The molecule has 1 aromatic carbocycles. The average Bonchev–Trinajstić information content (AvgIpc) is 2.78. The number of carboxylic acid groups (broad SMARTS) is 1. The van der Waals surface area contributed by atoms with Gasteiger partial charge in [-0.25, -0.2) is 4.79 Å². The SMILES string of the molecule is CSCCC(N)C(=O)NC(CS)C(=O)NC(C(=O)NC(Cc1ccccc1)C(=O)O)C(C)O. The van der Waals surface area contributed by atoms with E-state index in [-0.39, 0.29) is 12.2 Å². The van der Waals surface area contributed by atoms with Gasteiger partial charge in [-0.1, -0.05) is 30.3 Å². The van der Waals surface area contributed by atoms with Gasteiger partial charge in [0.15, 0.2) is 0 Å². The van der Waals surface area contributed by atoms with E-state index in [2.05, 4.69) is 28.6 Å². The van der Waals surface area contributed by atoms with Gasteiger partial charge in [-0.2, -0.15) is 24.4 Å². The molecular weight excluding hydrogens is 468 g/mol. The highest BCUT2D eigenvalue weighted by Crippen LogP contribution is 2.05. The number of hydrogen-bond acceptors (Lipinski definition) is 8. The molecule has 0 fully saturated rings. The number of thioether (sulfide) groups is 1. The Bertz CT molecular complexity index is 796. The summed E-state index contributed by atoms with van der Waals surface area (Å²) in [7, 11) is 0. The van der Waals surface area contributed by atoms with Crippen LogP contribution in [0.25, 0.3) is 0 Å². The van der Waals surface area contributed by atoms with Crippen molar-refractivity contribution in [1.29, 1.82) is 0 Å². The Hall–Kier alpha value is -2.28. The van der Waals surface area contributed by atoms with Crippen LogP contribution in [-0.2, 0) is 25.6 Å². The summed E-state index contributed by atoms with van der Waals surface area (Å²) < 4.78 is 0. The predicted molar refractivity (Wildman–Crippen MR) is 130 cm³/mol. The first-order valence-corrected chi connectivity index (χ1v) is 12.3. The Morgan fingerprint density at radius 1 is 1.03 bits per heavy atom. The van der Waals surface area contributed by atoms with Gasteiger partial charge in [-0.15, -0.1) is 0 Å². The monoisotopic (exact) mass is 500 g/mol. The fourth-order valence-electron chi connectivity index (χ4n) is 2.82. The van der Waals surface area contributed by atoms with Crippen molar-refractivity contribution in [2.45, 2.75) is 50.0 Å². The van der Waals surface area contributed by atoms with E-state index in [1.165, 1.54) is 18.7 Å². The summed E-state index contributed by atoms with van der Waals surface area (Å²) in [5.41, 5.74) is 6.50. The third kappa shape index (κ3) is 10.0. The largest absolute Gasteiger partial charge is 0.480 e. The molecule has 1 rings (SSSR count). The fraction of sp³-hybridized carbons (Fsp3) is 0.524. The second-order valence-corrected chi connectivity index (χ2v) is 8.80. The minimum atomic E-state index is -1.44. The zero-order valence-electron chi connectivity index (χ0n) is 18.6. The Balaban J connectivity index is 2.82. The summed E-state index contributed by atoms with van der Waals surface area (Å²) in [6.07, 6.45) is 0.987. The Morgan fingerprint density at radius 2 is 1.64 bits per heavy atom. The summed E-state index contributed by atoms with van der Waals surface area (Å²) in [6, 6.07) is 4.09. The lowest BCUT2D eigenvalue weighted by atomic mass is 10.0. The number of nitrogens with two attached hydrogens (primary N) is 1. The number of carbonyl (C=O) groups excluding carboxylic acids is 3. The molecule has 0 aromatic heterocycles. The van der Waals surface area contributed by atoms with Crippen molar-refractivity contribution in [1.82, 2.24) is 16.0 Å². The molecule has 5 atom stereocenters. The van der Waals surface area contributed by atoms with Crippen LogP contribution in [0, 0.1) is 0 Å². The molecule has 3 amide bonds. The van der Waals surface area contributed by atoms with Crippen molar-refractivity contribution in [2.24, 2.45) is 5.73 Å². The lowest BCUT2D eigenvalue weighted by Crippen LogP contribution is -2.60. The van der Waals surface area contributed by atoms with Gasteiger partial charge in [0.25, 0.3) is 0 Å². The Morgan fingerprint density at radius 3 is 2.15 bits per heavy atom. The molecular formula is C21H32N4O6S2. The van der Waals surface area contributed by atoms with Gasteiger partial charge < -0.3 is 31.9 Å². The molecule has 0 bridgehead atoms. The minimum absolute atomic E-state index is 0.0195. The van der Waals surface area contributed by atoms with E-state index in [1.54, 1.807) is 30.3 Å². The van der Waals surface area contributed by atoms with Crippen LogP contribution in [0.2, 0.25) is 0 Å². The second-order valence-electron chi connectivity index (χ2n) is 7.45. The van der Waals surface area contributed by atoms with Gasteiger partial charge in [0.1, 0.15) is 18.1 Å². The minimum Gasteiger partial charge on any atom is -0.480 e. The highest BCUT2D eigenvalue weighted by Gasteiger charge is 2.32. The number of benzene rings is 1. The molecule has 0 saturated carbocycles. The van der Waals surface area contributed by atoms with Crippen LogP contribution < -0.4 is 21.7 Å². The molecule has 0 spiro atoms. The number of nitrogens with one attached hydrogen (secondary N) is 3. The van der Waals surface area contributed by atoms with Crippen molar-refractivity contribution in [3.05, 3.63) is 35.9 Å². The molecule has 0 heterocycles.